The van der Waals surface area contributed by atoms with E-state index in [1.54, 1.807) is 13.3 Å². The summed E-state index contributed by atoms with van der Waals surface area (Å²) >= 11 is 0. The van der Waals surface area contributed by atoms with Crippen LogP contribution >= 0.6 is 0 Å². The molecule has 5 heteroatoms. The van der Waals surface area contributed by atoms with Gasteiger partial charge in [-0.25, -0.2) is 4.98 Å². The van der Waals surface area contributed by atoms with Crippen LogP contribution in [0.25, 0.3) is 0 Å². The zero-order chi connectivity index (χ0) is 14.4. The third-order valence-electron chi connectivity index (χ3n) is 2.95. The Balaban J connectivity index is 2.14. The second-order valence-electron chi connectivity index (χ2n) is 4.55. The van der Waals surface area contributed by atoms with Gasteiger partial charge < -0.3 is 19.4 Å². The molecule has 0 aliphatic carbocycles. The van der Waals surface area contributed by atoms with Gasteiger partial charge in [-0.1, -0.05) is 6.07 Å². The van der Waals surface area contributed by atoms with E-state index in [2.05, 4.69) is 21.8 Å². The van der Waals surface area contributed by atoms with Gasteiger partial charge in [0, 0.05) is 31.3 Å². The van der Waals surface area contributed by atoms with Gasteiger partial charge in [0.15, 0.2) is 0 Å². The molecule has 1 aromatic carbocycles. The van der Waals surface area contributed by atoms with E-state index < -0.39 is 0 Å². The maximum absolute atomic E-state index is 5.49. The molecule has 0 saturated carbocycles. The predicted molar refractivity (Wildman–Crippen MR) is 79.7 cm³/mol. The molecule has 1 heterocycles. The Kier molecular flexibility index (Phi) is 5.01. The summed E-state index contributed by atoms with van der Waals surface area (Å²) < 4.78 is 12.7. The Hall–Kier alpha value is -2.01. The van der Waals surface area contributed by atoms with E-state index in [0.29, 0.717) is 13.2 Å². The third kappa shape index (κ3) is 3.51. The zero-order valence-electron chi connectivity index (χ0n) is 12.2. The van der Waals surface area contributed by atoms with Crippen molar-refractivity contribution in [3.63, 3.8) is 0 Å². The van der Waals surface area contributed by atoms with E-state index in [-0.39, 0.29) is 6.04 Å². The topological polar surface area (TPSA) is 48.3 Å². The first kappa shape index (κ1) is 14.4. The van der Waals surface area contributed by atoms with Crippen LogP contribution in [0.2, 0.25) is 0 Å². The summed E-state index contributed by atoms with van der Waals surface area (Å²) in [5, 5.41) is 3.31. The Bertz CT molecular complexity index is 539. The van der Waals surface area contributed by atoms with Crippen LogP contribution in [0.15, 0.2) is 36.7 Å². The second kappa shape index (κ2) is 6.96. The molecule has 0 aliphatic rings. The SMILES string of the molecule is CCOc1cccc(Nc2nccn2C(C)COC)c1. The number of aromatic nitrogens is 2. The maximum Gasteiger partial charge on any atom is 0.207 e. The Morgan fingerprint density at radius 1 is 1.40 bits per heavy atom. The zero-order valence-corrected chi connectivity index (χ0v) is 12.2. The van der Waals surface area contributed by atoms with Crippen molar-refractivity contribution >= 4 is 11.6 Å². The highest BCUT2D eigenvalue weighted by molar-refractivity contribution is 5.56. The quantitative estimate of drug-likeness (QED) is 0.842. The summed E-state index contributed by atoms with van der Waals surface area (Å²) in [6.07, 6.45) is 3.72. The number of anilines is 2. The molecular weight excluding hydrogens is 254 g/mol. The summed E-state index contributed by atoms with van der Waals surface area (Å²) in [7, 11) is 1.70. The number of hydrogen-bond donors (Lipinski definition) is 1. The fraction of sp³-hybridized carbons (Fsp3) is 0.400. The number of rotatable bonds is 7. The van der Waals surface area contributed by atoms with Crippen LogP contribution in [-0.2, 0) is 4.74 Å². The van der Waals surface area contributed by atoms with E-state index in [1.165, 1.54) is 0 Å². The Morgan fingerprint density at radius 3 is 3.00 bits per heavy atom. The minimum absolute atomic E-state index is 0.222. The highest BCUT2D eigenvalue weighted by Gasteiger charge is 2.10. The van der Waals surface area contributed by atoms with Gasteiger partial charge in [0.05, 0.1) is 19.3 Å². The van der Waals surface area contributed by atoms with Gasteiger partial charge in [-0.15, -0.1) is 0 Å². The molecule has 0 saturated heterocycles. The van der Waals surface area contributed by atoms with Crippen molar-refractivity contribution in [2.45, 2.75) is 19.9 Å². The van der Waals surface area contributed by atoms with Crippen molar-refractivity contribution in [2.75, 3.05) is 25.6 Å². The van der Waals surface area contributed by atoms with Crippen LogP contribution in [0.4, 0.5) is 11.6 Å². The van der Waals surface area contributed by atoms with E-state index in [1.807, 2.05) is 37.4 Å². The van der Waals surface area contributed by atoms with Crippen LogP contribution in [-0.4, -0.2) is 29.9 Å². The van der Waals surface area contributed by atoms with Gasteiger partial charge in [-0.05, 0) is 26.0 Å². The summed E-state index contributed by atoms with van der Waals surface area (Å²) in [6, 6.07) is 8.07. The Labute approximate surface area is 119 Å². The number of hydrogen-bond acceptors (Lipinski definition) is 4. The molecule has 2 aromatic rings. The lowest BCUT2D eigenvalue weighted by atomic mass is 10.3. The fourth-order valence-corrected chi connectivity index (χ4v) is 2.05. The molecular formula is C15H21N3O2. The van der Waals surface area contributed by atoms with Crippen molar-refractivity contribution in [3.05, 3.63) is 36.7 Å². The smallest absolute Gasteiger partial charge is 0.207 e. The number of nitrogens with one attached hydrogen (secondary N) is 1. The lowest BCUT2D eigenvalue weighted by Gasteiger charge is -2.16. The monoisotopic (exact) mass is 275 g/mol. The molecule has 0 fully saturated rings. The van der Waals surface area contributed by atoms with E-state index in [0.717, 1.165) is 17.4 Å². The summed E-state index contributed by atoms with van der Waals surface area (Å²) in [5.74, 6) is 1.64. The fourth-order valence-electron chi connectivity index (χ4n) is 2.05. The van der Waals surface area contributed by atoms with Crippen LogP contribution in [0.3, 0.4) is 0 Å². The minimum atomic E-state index is 0.222. The first-order valence-corrected chi connectivity index (χ1v) is 6.76. The average molecular weight is 275 g/mol. The van der Waals surface area contributed by atoms with Crippen LogP contribution < -0.4 is 10.1 Å². The van der Waals surface area contributed by atoms with E-state index in [9.17, 15) is 0 Å². The summed E-state index contributed by atoms with van der Waals surface area (Å²) in [5.41, 5.74) is 0.952. The minimum Gasteiger partial charge on any atom is -0.494 e. The Morgan fingerprint density at radius 2 is 2.25 bits per heavy atom. The molecule has 5 nitrogen and oxygen atoms in total. The van der Waals surface area contributed by atoms with E-state index in [4.69, 9.17) is 9.47 Å². The molecule has 0 radical (unpaired) electrons. The molecule has 1 atom stereocenters. The molecule has 1 N–H and O–H groups in total. The highest BCUT2D eigenvalue weighted by atomic mass is 16.5. The molecule has 0 aliphatic heterocycles. The number of nitrogens with zero attached hydrogens (tertiary/aromatic N) is 2. The van der Waals surface area contributed by atoms with Crippen LogP contribution in [0.5, 0.6) is 5.75 Å². The number of imidazole rings is 1. The third-order valence-corrected chi connectivity index (χ3v) is 2.95. The normalized spacial score (nSPS) is 12.2. The second-order valence-corrected chi connectivity index (χ2v) is 4.55. The summed E-state index contributed by atoms with van der Waals surface area (Å²) in [6.45, 7) is 5.36. The van der Waals surface area contributed by atoms with Crippen molar-refractivity contribution < 1.29 is 9.47 Å². The van der Waals surface area contributed by atoms with E-state index >= 15 is 0 Å². The van der Waals surface area contributed by atoms with Crippen LogP contribution in [0.1, 0.15) is 19.9 Å². The van der Waals surface area contributed by atoms with Gasteiger partial charge >= 0.3 is 0 Å². The van der Waals surface area contributed by atoms with Crippen molar-refractivity contribution in [1.82, 2.24) is 9.55 Å². The van der Waals surface area contributed by atoms with Gasteiger partial charge in [0.1, 0.15) is 5.75 Å². The lowest BCUT2D eigenvalue weighted by molar-refractivity contribution is 0.163. The number of ether oxygens (including phenoxy) is 2. The van der Waals surface area contributed by atoms with Gasteiger partial charge in [-0.2, -0.15) is 0 Å². The molecule has 20 heavy (non-hydrogen) atoms. The molecule has 108 valence electrons. The highest BCUT2D eigenvalue weighted by Crippen LogP contribution is 2.22. The first-order chi connectivity index (χ1) is 9.74. The predicted octanol–water partition coefficient (Wildman–Crippen LogP) is 3.23. The van der Waals surface area contributed by atoms with Gasteiger partial charge in [-0.3, -0.25) is 0 Å². The average Bonchev–Trinajstić information content (AvgIpc) is 2.88. The van der Waals surface area contributed by atoms with Crippen molar-refractivity contribution in [3.8, 4) is 5.75 Å². The number of methoxy groups -OCH3 is 1. The number of benzene rings is 1. The molecule has 1 aromatic heterocycles. The van der Waals surface area contributed by atoms with Crippen molar-refractivity contribution in [2.24, 2.45) is 0 Å². The van der Waals surface area contributed by atoms with Crippen molar-refractivity contribution in [1.29, 1.82) is 0 Å². The largest absolute Gasteiger partial charge is 0.494 e. The lowest BCUT2D eigenvalue weighted by Crippen LogP contribution is -2.12. The molecule has 1 unspecified atom stereocenters. The molecule has 0 amide bonds. The molecule has 0 bridgehead atoms. The summed E-state index contributed by atoms with van der Waals surface area (Å²) in [4.78, 5) is 4.35. The molecule has 2 rings (SSSR count). The standard InChI is InChI=1S/C15H21N3O2/c1-4-20-14-7-5-6-13(10-14)17-15-16-8-9-18(15)12(2)11-19-3/h5-10,12H,4,11H2,1-3H3,(H,16,17). The molecule has 0 spiro atoms. The first-order valence-electron chi connectivity index (χ1n) is 6.76. The van der Waals surface area contributed by atoms with Crippen LogP contribution in [0, 0.1) is 0 Å². The maximum atomic E-state index is 5.49. The van der Waals surface area contributed by atoms with Gasteiger partial charge in [0.2, 0.25) is 5.95 Å². The van der Waals surface area contributed by atoms with Gasteiger partial charge in [0.25, 0.3) is 0 Å².